The smallest absolute Gasteiger partial charge is 0.296 e. The normalized spacial score (nSPS) is 18.8. The minimum Gasteiger partial charge on any atom is -0.461 e. The molecule has 3 aromatic rings. The Bertz CT molecular complexity index is 926. The highest BCUT2D eigenvalue weighted by Crippen LogP contribution is 2.28. The van der Waals surface area contributed by atoms with Crippen LogP contribution in [0.25, 0.3) is 0 Å². The minimum atomic E-state index is -1.19. The van der Waals surface area contributed by atoms with Crippen molar-refractivity contribution in [3.8, 4) is 5.19 Å². The van der Waals surface area contributed by atoms with Crippen LogP contribution in [0.2, 0.25) is 0 Å². The largest absolute Gasteiger partial charge is 0.461 e. The maximum absolute atomic E-state index is 14.3. The van der Waals surface area contributed by atoms with Crippen LogP contribution in [-0.4, -0.2) is 51.7 Å². The lowest BCUT2D eigenvalue weighted by molar-refractivity contribution is -0.115. The zero-order valence-electron chi connectivity index (χ0n) is 14.7. The number of nitrogens with one attached hydrogen (secondary N) is 1. The number of carbonyl (C=O) groups is 1. The second-order valence-corrected chi connectivity index (χ2v) is 7.18. The Morgan fingerprint density at radius 2 is 2.04 bits per heavy atom. The Balaban J connectivity index is 1.33. The highest BCUT2D eigenvalue weighted by molar-refractivity contribution is 7.17. The number of anilines is 2. The molecule has 28 heavy (non-hydrogen) atoms. The molecule has 2 aromatic heterocycles. The molecule has 1 aromatic carbocycles. The summed E-state index contributed by atoms with van der Waals surface area (Å²) >= 11 is 1.07. The highest BCUT2D eigenvalue weighted by Gasteiger charge is 2.36. The Morgan fingerprint density at radius 1 is 1.18 bits per heavy atom. The first kappa shape index (κ1) is 18.2. The maximum Gasteiger partial charge on any atom is 0.296 e. The van der Waals surface area contributed by atoms with Gasteiger partial charge in [-0.15, -0.1) is 10.2 Å². The van der Waals surface area contributed by atoms with Crippen LogP contribution in [0.5, 0.6) is 5.19 Å². The van der Waals surface area contributed by atoms with E-state index in [0.717, 1.165) is 16.9 Å². The molecule has 10 heteroatoms. The van der Waals surface area contributed by atoms with E-state index in [1.54, 1.807) is 23.2 Å². The van der Waals surface area contributed by atoms with Crippen LogP contribution < -0.4 is 15.0 Å². The van der Waals surface area contributed by atoms with Crippen molar-refractivity contribution in [1.82, 2.24) is 20.4 Å². The van der Waals surface area contributed by atoms with Gasteiger partial charge in [0.05, 0.1) is 19.5 Å². The summed E-state index contributed by atoms with van der Waals surface area (Å²) in [6.07, 6.45) is -0.0846. The van der Waals surface area contributed by atoms with Crippen LogP contribution in [0, 0.1) is 0 Å². The van der Waals surface area contributed by atoms with Gasteiger partial charge in [0, 0.05) is 6.20 Å². The second kappa shape index (κ2) is 8.26. The maximum atomic E-state index is 14.3. The molecule has 0 bridgehead atoms. The van der Waals surface area contributed by atoms with Gasteiger partial charge in [-0.3, -0.25) is 4.79 Å². The molecule has 1 N–H and O–H groups in total. The van der Waals surface area contributed by atoms with Crippen molar-refractivity contribution < 1.29 is 13.9 Å². The van der Waals surface area contributed by atoms with Crippen molar-refractivity contribution in [1.29, 1.82) is 0 Å². The number of carbonyl (C=O) groups excluding carboxylic acids is 1. The molecule has 8 nitrogen and oxygen atoms in total. The van der Waals surface area contributed by atoms with Gasteiger partial charge in [-0.25, -0.2) is 4.39 Å². The zero-order chi connectivity index (χ0) is 19.3. The lowest BCUT2D eigenvalue weighted by atomic mass is 10.1. The predicted molar refractivity (Wildman–Crippen MR) is 102 cm³/mol. The first-order valence-corrected chi connectivity index (χ1v) is 9.49. The van der Waals surface area contributed by atoms with E-state index in [-0.39, 0.29) is 24.1 Å². The third-order valence-electron chi connectivity index (χ3n) is 4.19. The molecule has 1 aliphatic heterocycles. The number of amides is 1. The molecule has 1 amide bonds. The molecular formula is C18H17FN6O2S. The molecule has 0 spiro atoms. The van der Waals surface area contributed by atoms with E-state index in [1.165, 1.54) is 0 Å². The number of benzene rings is 1. The van der Waals surface area contributed by atoms with Gasteiger partial charge in [0.1, 0.15) is 0 Å². The first-order chi connectivity index (χ1) is 13.7. The summed E-state index contributed by atoms with van der Waals surface area (Å²) in [5.74, 6) is 0.398. The van der Waals surface area contributed by atoms with Gasteiger partial charge in [-0.05, 0) is 29.0 Å². The van der Waals surface area contributed by atoms with Crippen LogP contribution in [0.1, 0.15) is 5.56 Å². The fourth-order valence-electron chi connectivity index (χ4n) is 2.88. The Kier molecular flexibility index (Phi) is 5.38. The molecule has 3 heterocycles. The van der Waals surface area contributed by atoms with E-state index in [9.17, 15) is 9.18 Å². The Hall–Kier alpha value is -3.14. The summed E-state index contributed by atoms with van der Waals surface area (Å²) in [7, 11) is 0. The minimum absolute atomic E-state index is 0.169. The number of hydrogen-bond donors (Lipinski definition) is 1. The molecule has 1 saturated heterocycles. The zero-order valence-corrected chi connectivity index (χ0v) is 15.6. The van der Waals surface area contributed by atoms with Crippen molar-refractivity contribution >= 4 is 28.2 Å². The molecule has 144 valence electrons. The SMILES string of the molecule is O=C(Cc1ccccc1)Nc1nnc(O[C@H]2CN(c3cccnn3)C[C@@H]2F)s1. The van der Waals surface area contributed by atoms with Gasteiger partial charge in [-0.2, -0.15) is 5.10 Å². The van der Waals surface area contributed by atoms with Gasteiger partial charge < -0.3 is 15.0 Å². The monoisotopic (exact) mass is 400 g/mol. The fourth-order valence-corrected chi connectivity index (χ4v) is 3.54. The standard InChI is InChI=1S/C18H17FN6O2S/c19-13-10-25(15-7-4-8-20-22-15)11-14(13)27-18-24-23-17(28-18)21-16(26)9-12-5-2-1-3-6-12/h1-8,13-14H,9-11H2,(H,21,23,26)/t13-,14-/m0/s1. The van der Waals surface area contributed by atoms with E-state index in [2.05, 4.69) is 25.7 Å². The summed E-state index contributed by atoms with van der Waals surface area (Å²) < 4.78 is 20.0. The molecular weight excluding hydrogens is 383 g/mol. The van der Waals surface area contributed by atoms with E-state index in [4.69, 9.17) is 4.74 Å². The molecule has 0 saturated carbocycles. The summed E-state index contributed by atoms with van der Waals surface area (Å²) in [4.78, 5) is 13.9. The third kappa shape index (κ3) is 4.39. The van der Waals surface area contributed by atoms with Crippen molar-refractivity contribution in [3.63, 3.8) is 0 Å². The van der Waals surface area contributed by atoms with Crippen molar-refractivity contribution in [2.75, 3.05) is 23.3 Å². The van der Waals surface area contributed by atoms with Crippen LogP contribution in [-0.2, 0) is 11.2 Å². The topological polar surface area (TPSA) is 93.1 Å². The first-order valence-electron chi connectivity index (χ1n) is 8.68. The Labute approximate surface area is 164 Å². The lowest BCUT2D eigenvalue weighted by Gasteiger charge is -2.15. The van der Waals surface area contributed by atoms with Crippen molar-refractivity contribution in [2.24, 2.45) is 0 Å². The van der Waals surface area contributed by atoms with Gasteiger partial charge in [-0.1, -0.05) is 35.4 Å². The molecule has 4 rings (SSSR count). The summed E-state index contributed by atoms with van der Waals surface area (Å²) in [6, 6.07) is 12.9. The molecule has 0 unspecified atom stereocenters. The van der Waals surface area contributed by atoms with E-state index < -0.39 is 12.3 Å². The average Bonchev–Trinajstić information content (AvgIpc) is 3.30. The molecule has 1 fully saturated rings. The third-order valence-corrected chi connectivity index (χ3v) is 4.92. The second-order valence-electron chi connectivity index (χ2n) is 6.24. The number of nitrogens with zero attached hydrogens (tertiary/aromatic N) is 5. The predicted octanol–water partition coefficient (Wildman–Crippen LogP) is 2.11. The number of halogens is 1. The number of ether oxygens (including phenoxy) is 1. The van der Waals surface area contributed by atoms with Gasteiger partial charge >= 0.3 is 0 Å². The van der Waals surface area contributed by atoms with Crippen LogP contribution in [0.3, 0.4) is 0 Å². The summed E-state index contributed by atoms with van der Waals surface area (Å²) in [5, 5.41) is 18.8. The number of rotatable bonds is 6. The summed E-state index contributed by atoms with van der Waals surface area (Å²) in [6.45, 7) is 0.498. The van der Waals surface area contributed by atoms with Crippen LogP contribution in [0.15, 0.2) is 48.7 Å². The van der Waals surface area contributed by atoms with E-state index >= 15 is 0 Å². The number of alkyl halides is 1. The van der Waals surface area contributed by atoms with Gasteiger partial charge in [0.25, 0.3) is 5.19 Å². The van der Waals surface area contributed by atoms with Crippen molar-refractivity contribution in [3.05, 3.63) is 54.2 Å². The van der Waals surface area contributed by atoms with Crippen LogP contribution in [0.4, 0.5) is 15.3 Å². The molecule has 2 atom stereocenters. The lowest BCUT2D eigenvalue weighted by Crippen LogP contribution is -2.27. The number of hydrogen-bond acceptors (Lipinski definition) is 8. The van der Waals surface area contributed by atoms with Gasteiger partial charge in [0.2, 0.25) is 11.0 Å². The summed E-state index contributed by atoms with van der Waals surface area (Å²) in [5.41, 5.74) is 0.899. The fraction of sp³-hybridized carbons (Fsp3) is 0.278. The van der Waals surface area contributed by atoms with Crippen molar-refractivity contribution in [2.45, 2.75) is 18.7 Å². The van der Waals surface area contributed by atoms with E-state index in [0.29, 0.717) is 17.5 Å². The Morgan fingerprint density at radius 3 is 2.82 bits per heavy atom. The number of aromatic nitrogens is 4. The molecule has 0 aliphatic carbocycles. The van der Waals surface area contributed by atoms with E-state index in [1.807, 2.05) is 30.3 Å². The molecule has 0 radical (unpaired) electrons. The average molecular weight is 400 g/mol. The van der Waals surface area contributed by atoms with Gasteiger partial charge in [0.15, 0.2) is 18.1 Å². The quantitative estimate of drug-likeness (QED) is 0.677. The van der Waals surface area contributed by atoms with Crippen LogP contribution >= 0.6 is 11.3 Å². The molecule has 1 aliphatic rings. The highest BCUT2D eigenvalue weighted by atomic mass is 32.1.